The molecule has 0 atom stereocenters. The Labute approximate surface area is 158 Å². The molecular weight excluding hydrogens is 497 g/mol. The molecule has 0 aliphatic heterocycles. The van der Waals surface area contributed by atoms with Gasteiger partial charge in [-0.05, 0) is 55.6 Å². The van der Waals surface area contributed by atoms with Crippen LogP contribution in [0.4, 0.5) is 0 Å². The van der Waals surface area contributed by atoms with E-state index in [1.165, 1.54) is 0 Å². The van der Waals surface area contributed by atoms with Crippen LogP contribution in [0.15, 0.2) is 49.9 Å². The Bertz CT molecular complexity index is 866. The van der Waals surface area contributed by atoms with Crippen molar-refractivity contribution in [3.8, 4) is 16.9 Å². The Kier molecular flexibility index (Phi) is 4.78. The maximum Gasteiger partial charge on any atom is 0.148 e. The molecule has 2 nitrogen and oxygen atoms in total. The predicted molar refractivity (Wildman–Crippen MR) is 102 cm³/mol. The molecule has 0 saturated carbocycles. The fourth-order valence-corrected chi connectivity index (χ4v) is 4.59. The van der Waals surface area contributed by atoms with Gasteiger partial charge in [0.15, 0.2) is 0 Å². The van der Waals surface area contributed by atoms with E-state index in [-0.39, 0.29) is 0 Å². The summed E-state index contributed by atoms with van der Waals surface area (Å²) in [6, 6.07) is 9.86. The first-order valence-corrected chi connectivity index (χ1v) is 9.04. The Hall–Kier alpha value is -0.620. The molecule has 0 radical (unpaired) electrons. The van der Waals surface area contributed by atoms with E-state index >= 15 is 0 Å². The van der Waals surface area contributed by atoms with Gasteiger partial charge in [-0.1, -0.05) is 39.7 Å². The highest BCUT2D eigenvalue weighted by Gasteiger charge is 2.17. The second kappa shape index (κ2) is 6.48. The fraction of sp³-hybridized carbons (Fsp3) is 0.0625. The Morgan fingerprint density at radius 1 is 1.09 bits per heavy atom. The van der Waals surface area contributed by atoms with E-state index in [1.807, 2.05) is 30.3 Å². The van der Waals surface area contributed by atoms with Gasteiger partial charge in [0.25, 0.3) is 0 Å². The molecule has 0 saturated heterocycles. The van der Waals surface area contributed by atoms with Crippen LogP contribution in [0.5, 0.6) is 5.75 Å². The van der Waals surface area contributed by atoms with E-state index < -0.39 is 0 Å². The van der Waals surface area contributed by atoms with Gasteiger partial charge in [0.1, 0.15) is 5.75 Å². The van der Waals surface area contributed by atoms with Crippen LogP contribution in [0.1, 0.15) is 0 Å². The Balaban J connectivity index is 2.31. The van der Waals surface area contributed by atoms with Crippen LogP contribution in [0.25, 0.3) is 22.0 Å². The summed E-state index contributed by atoms with van der Waals surface area (Å²) in [7, 11) is 1.62. The van der Waals surface area contributed by atoms with Crippen LogP contribution < -0.4 is 4.74 Å². The van der Waals surface area contributed by atoms with Crippen molar-refractivity contribution in [3.05, 3.63) is 55.0 Å². The Morgan fingerprint density at radius 3 is 2.41 bits per heavy atom. The highest BCUT2D eigenvalue weighted by Crippen LogP contribution is 2.44. The van der Waals surface area contributed by atoms with Gasteiger partial charge in [-0.2, -0.15) is 0 Å². The van der Waals surface area contributed by atoms with Gasteiger partial charge in [-0.3, -0.25) is 4.98 Å². The number of hydrogen-bond donors (Lipinski definition) is 0. The number of benzene rings is 2. The van der Waals surface area contributed by atoms with Gasteiger partial charge >= 0.3 is 0 Å². The van der Waals surface area contributed by atoms with Crippen molar-refractivity contribution in [2.24, 2.45) is 0 Å². The van der Waals surface area contributed by atoms with Crippen LogP contribution in [0.3, 0.4) is 0 Å². The zero-order valence-electron chi connectivity index (χ0n) is 11.3. The highest BCUT2D eigenvalue weighted by atomic mass is 79.9. The SMILES string of the molecule is COc1c(Br)cc2ncc(-c3ccc(Br)cc3)c(Cl)c2c1Br. The maximum absolute atomic E-state index is 6.65. The minimum Gasteiger partial charge on any atom is -0.494 e. The van der Waals surface area contributed by atoms with Gasteiger partial charge in [-0.15, -0.1) is 0 Å². The summed E-state index contributed by atoms with van der Waals surface area (Å²) in [5.74, 6) is 0.698. The molecule has 2 aromatic carbocycles. The number of nitrogens with zero attached hydrogens (tertiary/aromatic N) is 1. The van der Waals surface area contributed by atoms with Gasteiger partial charge in [-0.25, -0.2) is 0 Å². The molecule has 0 bridgehead atoms. The first kappa shape index (κ1) is 16.2. The van der Waals surface area contributed by atoms with E-state index in [9.17, 15) is 0 Å². The quantitative estimate of drug-likeness (QED) is 0.379. The number of hydrogen-bond acceptors (Lipinski definition) is 2. The molecule has 22 heavy (non-hydrogen) atoms. The van der Waals surface area contributed by atoms with Crippen molar-refractivity contribution in [2.75, 3.05) is 7.11 Å². The second-order valence-corrected chi connectivity index (χ2v) is 7.53. The zero-order valence-corrected chi connectivity index (χ0v) is 16.8. The molecular formula is C16H9Br3ClNO. The van der Waals surface area contributed by atoms with Crippen LogP contribution in [0, 0.1) is 0 Å². The van der Waals surface area contributed by atoms with Crippen molar-refractivity contribution < 1.29 is 4.74 Å². The number of fused-ring (bicyclic) bond motifs is 1. The Morgan fingerprint density at radius 2 is 1.77 bits per heavy atom. The van der Waals surface area contributed by atoms with Crippen molar-refractivity contribution in [3.63, 3.8) is 0 Å². The molecule has 1 aromatic heterocycles. The molecule has 0 N–H and O–H groups in total. The van der Waals surface area contributed by atoms with Gasteiger partial charge < -0.3 is 4.74 Å². The third-order valence-electron chi connectivity index (χ3n) is 3.30. The minimum atomic E-state index is 0.644. The third kappa shape index (κ3) is 2.80. The smallest absolute Gasteiger partial charge is 0.148 e. The number of methoxy groups -OCH3 is 1. The van der Waals surface area contributed by atoms with E-state index in [4.69, 9.17) is 16.3 Å². The highest BCUT2D eigenvalue weighted by molar-refractivity contribution is 9.11. The molecule has 3 rings (SSSR count). The van der Waals surface area contributed by atoms with Crippen LogP contribution in [0.2, 0.25) is 5.02 Å². The van der Waals surface area contributed by atoms with E-state index in [0.29, 0.717) is 10.8 Å². The zero-order chi connectivity index (χ0) is 15.9. The van der Waals surface area contributed by atoms with E-state index in [1.54, 1.807) is 13.3 Å². The molecule has 0 fully saturated rings. The summed E-state index contributed by atoms with van der Waals surface area (Å²) in [6.45, 7) is 0. The van der Waals surface area contributed by atoms with Crippen LogP contribution in [-0.2, 0) is 0 Å². The number of pyridine rings is 1. The number of ether oxygens (including phenoxy) is 1. The molecule has 0 spiro atoms. The summed E-state index contributed by atoms with van der Waals surface area (Å²) in [4.78, 5) is 4.53. The number of aromatic nitrogens is 1. The van der Waals surface area contributed by atoms with Crippen molar-refractivity contribution >= 4 is 70.3 Å². The maximum atomic E-state index is 6.65. The molecule has 0 amide bonds. The first-order chi connectivity index (χ1) is 10.5. The first-order valence-electron chi connectivity index (χ1n) is 6.29. The van der Waals surface area contributed by atoms with E-state index in [0.717, 1.165) is 35.4 Å². The van der Waals surface area contributed by atoms with Gasteiger partial charge in [0, 0.05) is 21.6 Å². The van der Waals surface area contributed by atoms with Crippen LogP contribution >= 0.6 is 59.4 Å². The fourth-order valence-electron chi connectivity index (χ4n) is 2.24. The topological polar surface area (TPSA) is 22.1 Å². The number of rotatable bonds is 2. The monoisotopic (exact) mass is 503 g/mol. The lowest BCUT2D eigenvalue weighted by atomic mass is 10.1. The summed E-state index contributed by atoms with van der Waals surface area (Å²) < 4.78 is 8.05. The largest absolute Gasteiger partial charge is 0.494 e. The van der Waals surface area contributed by atoms with Crippen molar-refractivity contribution in [1.82, 2.24) is 4.98 Å². The minimum absolute atomic E-state index is 0.644. The van der Waals surface area contributed by atoms with Gasteiger partial charge in [0.2, 0.25) is 0 Å². The molecule has 3 aromatic rings. The van der Waals surface area contributed by atoms with Crippen molar-refractivity contribution in [1.29, 1.82) is 0 Å². The molecule has 0 aliphatic carbocycles. The molecule has 0 unspecified atom stereocenters. The lowest BCUT2D eigenvalue weighted by Gasteiger charge is -2.13. The molecule has 6 heteroatoms. The molecule has 112 valence electrons. The lowest BCUT2D eigenvalue weighted by molar-refractivity contribution is 0.410. The average Bonchev–Trinajstić information content (AvgIpc) is 2.49. The summed E-state index contributed by atoms with van der Waals surface area (Å²) in [6.07, 6.45) is 1.79. The molecule has 1 heterocycles. The van der Waals surface area contributed by atoms with Crippen molar-refractivity contribution in [2.45, 2.75) is 0 Å². The predicted octanol–water partition coefficient (Wildman–Crippen LogP) is 6.85. The summed E-state index contributed by atoms with van der Waals surface area (Å²) in [5.41, 5.74) is 2.69. The molecule has 0 aliphatic rings. The third-order valence-corrected chi connectivity index (χ3v) is 5.57. The van der Waals surface area contributed by atoms with Crippen LogP contribution in [-0.4, -0.2) is 12.1 Å². The standard InChI is InChI=1S/C16H9Br3ClNO/c1-22-16-11(18)6-12-13(14(16)19)15(20)10(7-21-12)8-2-4-9(17)5-3-8/h2-7H,1H3. The summed E-state index contributed by atoms with van der Waals surface area (Å²) in [5, 5.41) is 1.48. The van der Waals surface area contributed by atoms with Gasteiger partial charge in [0.05, 0.1) is 26.6 Å². The second-order valence-electron chi connectivity index (χ2n) is 4.59. The van der Waals surface area contributed by atoms with E-state index in [2.05, 4.69) is 52.8 Å². The lowest BCUT2D eigenvalue weighted by Crippen LogP contribution is -1.92. The average molecular weight is 506 g/mol. The summed E-state index contributed by atoms with van der Waals surface area (Å²) >= 11 is 17.1. The number of halogens is 4. The normalized spacial score (nSPS) is 11.0.